The summed E-state index contributed by atoms with van der Waals surface area (Å²) in [5.41, 5.74) is 2.67. The number of imidazole rings is 1. The van der Waals surface area contributed by atoms with Gasteiger partial charge in [-0.3, -0.25) is 0 Å². The summed E-state index contributed by atoms with van der Waals surface area (Å²) in [6, 6.07) is 8.43. The first-order valence-electron chi connectivity index (χ1n) is 8.49. The van der Waals surface area contributed by atoms with Gasteiger partial charge in [0.05, 0.1) is 6.33 Å². The van der Waals surface area contributed by atoms with E-state index in [1.54, 1.807) is 22.1 Å². The van der Waals surface area contributed by atoms with E-state index in [0.717, 1.165) is 25.7 Å². The lowest BCUT2D eigenvalue weighted by Crippen LogP contribution is -2.40. The summed E-state index contributed by atoms with van der Waals surface area (Å²) in [4.78, 5) is 4.03. The van der Waals surface area contributed by atoms with Crippen molar-refractivity contribution >= 4 is 10.0 Å². The number of nitrogens with zero attached hydrogens (tertiary/aromatic N) is 3. The topological polar surface area (TPSA) is 55.2 Å². The molecule has 1 atom stereocenters. The molecule has 1 aromatic heterocycles. The molecule has 1 aliphatic rings. The Morgan fingerprint density at radius 1 is 1.29 bits per heavy atom. The second-order valence-corrected chi connectivity index (χ2v) is 8.60. The number of rotatable bonds is 5. The molecule has 0 unspecified atom stereocenters. The third-order valence-corrected chi connectivity index (χ3v) is 6.60. The van der Waals surface area contributed by atoms with Crippen molar-refractivity contribution in [1.29, 1.82) is 0 Å². The molecule has 0 N–H and O–H groups in total. The third-order valence-electron chi connectivity index (χ3n) is 4.85. The minimum atomic E-state index is -3.46. The van der Waals surface area contributed by atoms with Gasteiger partial charge < -0.3 is 4.57 Å². The standard InChI is InChI=1S/C18H25N3O2S/c1-15-6-3-4-8-17(15)10-9-16-7-5-11-21(12-16)24(22,23)18-13-20(2)14-19-18/h3-4,6,8,13-14,16H,5,7,9-12H2,1-2H3/t16-/m0/s1. The van der Waals surface area contributed by atoms with E-state index in [1.807, 2.05) is 0 Å². The van der Waals surface area contributed by atoms with Crippen molar-refractivity contribution in [2.75, 3.05) is 13.1 Å². The number of hydrogen-bond acceptors (Lipinski definition) is 3. The Bertz CT molecular complexity index is 798. The lowest BCUT2D eigenvalue weighted by Gasteiger charge is -2.31. The molecule has 130 valence electrons. The molecule has 1 fully saturated rings. The summed E-state index contributed by atoms with van der Waals surface area (Å²) in [6.07, 6.45) is 7.16. The third kappa shape index (κ3) is 3.70. The summed E-state index contributed by atoms with van der Waals surface area (Å²) >= 11 is 0. The molecule has 6 heteroatoms. The summed E-state index contributed by atoms with van der Waals surface area (Å²) in [5, 5.41) is 0.157. The monoisotopic (exact) mass is 347 g/mol. The Labute approximate surface area is 144 Å². The number of benzene rings is 1. The molecule has 3 rings (SSSR count). The molecule has 1 saturated heterocycles. The zero-order valence-electron chi connectivity index (χ0n) is 14.4. The maximum Gasteiger partial charge on any atom is 0.262 e. The molecule has 1 aliphatic heterocycles. The van der Waals surface area contributed by atoms with E-state index in [9.17, 15) is 8.42 Å². The van der Waals surface area contributed by atoms with Gasteiger partial charge in [0.25, 0.3) is 10.0 Å². The minimum absolute atomic E-state index is 0.157. The molecule has 0 amide bonds. The second-order valence-electron chi connectivity index (χ2n) is 6.71. The maximum absolute atomic E-state index is 12.7. The molecular formula is C18H25N3O2S. The van der Waals surface area contributed by atoms with Crippen LogP contribution in [-0.4, -0.2) is 35.4 Å². The maximum atomic E-state index is 12.7. The van der Waals surface area contributed by atoms with Crippen LogP contribution < -0.4 is 0 Å². The first-order valence-corrected chi connectivity index (χ1v) is 9.93. The summed E-state index contributed by atoms with van der Waals surface area (Å²) in [5.74, 6) is 0.414. The fourth-order valence-corrected chi connectivity index (χ4v) is 4.91. The van der Waals surface area contributed by atoms with E-state index in [1.165, 1.54) is 17.5 Å². The SMILES string of the molecule is Cc1ccccc1CC[C@@H]1CCCN(S(=O)(=O)c2cn(C)cn2)C1. The van der Waals surface area contributed by atoms with Gasteiger partial charge in [0.15, 0.2) is 5.03 Å². The van der Waals surface area contributed by atoms with Crippen molar-refractivity contribution in [1.82, 2.24) is 13.9 Å². The van der Waals surface area contributed by atoms with E-state index in [0.29, 0.717) is 19.0 Å². The zero-order chi connectivity index (χ0) is 17.2. The van der Waals surface area contributed by atoms with Gasteiger partial charge in [-0.15, -0.1) is 0 Å². The lowest BCUT2D eigenvalue weighted by atomic mass is 9.91. The fourth-order valence-electron chi connectivity index (χ4n) is 3.39. The van der Waals surface area contributed by atoms with Gasteiger partial charge in [-0.2, -0.15) is 4.31 Å². The van der Waals surface area contributed by atoms with Gasteiger partial charge >= 0.3 is 0 Å². The first-order chi connectivity index (χ1) is 11.5. The number of aromatic nitrogens is 2. The van der Waals surface area contributed by atoms with Gasteiger partial charge in [0, 0.05) is 26.3 Å². The van der Waals surface area contributed by atoms with E-state index >= 15 is 0 Å². The van der Waals surface area contributed by atoms with Crippen LogP contribution in [0.1, 0.15) is 30.4 Å². The Morgan fingerprint density at radius 2 is 2.08 bits per heavy atom. The molecule has 5 nitrogen and oxygen atoms in total. The van der Waals surface area contributed by atoms with E-state index in [-0.39, 0.29) is 5.03 Å². The van der Waals surface area contributed by atoms with Crippen LogP contribution in [0.15, 0.2) is 41.8 Å². The van der Waals surface area contributed by atoms with Crippen LogP contribution in [0.25, 0.3) is 0 Å². The molecule has 0 aliphatic carbocycles. The molecular weight excluding hydrogens is 322 g/mol. The largest absolute Gasteiger partial charge is 0.339 e. The van der Waals surface area contributed by atoms with E-state index in [2.05, 4.69) is 36.2 Å². The zero-order valence-corrected chi connectivity index (χ0v) is 15.2. The number of sulfonamides is 1. The van der Waals surface area contributed by atoms with Gasteiger partial charge in [0.1, 0.15) is 0 Å². The fraction of sp³-hybridized carbons (Fsp3) is 0.500. The molecule has 0 radical (unpaired) electrons. The smallest absolute Gasteiger partial charge is 0.262 e. The molecule has 0 spiro atoms. The Hall–Kier alpha value is -1.66. The van der Waals surface area contributed by atoms with Gasteiger partial charge in [-0.25, -0.2) is 13.4 Å². The van der Waals surface area contributed by atoms with Crippen LogP contribution in [-0.2, 0) is 23.5 Å². The van der Waals surface area contributed by atoms with Gasteiger partial charge in [-0.05, 0) is 49.7 Å². The van der Waals surface area contributed by atoms with Crippen LogP contribution in [0.2, 0.25) is 0 Å². The summed E-state index contributed by atoms with van der Waals surface area (Å²) in [6.45, 7) is 3.33. The highest BCUT2D eigenvalue weighted by atomic mass is 32.2. The molecule has 0 bridgehead atoms. The molecule has 1 aromatic carbocycles. The van der Waals surface area contributed by atoms with E-state index in [4.69, 9.17) is 0 Å². The summed E-state index contributed by atoms with van der Waals surface area (Å²) in [7, 11) is -1.68. The average Bonchev–Trinajstić information content (AvgIpc) is 3.02. The Morgan fingerprint density at radius 3 is 2.79 bits per heavy atom. The van der Waals surface area contributed by atoms with Crippen molar-refractivity contribution in [3.63, 3.8) is 0 Å². The van der Waals surface area contributed by atoms with Gasteiger partial charge in [0.2, 0.25) is 0 Å². The molecule has 0 saturated carbocycles. The van der Waals surface area contributed by atoms with Crippen LogP contribution >= 0.6 is 0 Å². The molecule has 2 heterocycles. The number of aryl methyl sites for hydroxylation is 3. The van der Waals surface area contributed by atoms with Crippen molar-refractivity contribution in [3.8, 4) is 0 Å². The summed E-state index contributed by atoms with van der Waals surface area (Å²) < 4.78 is 28.7. The Kier molecular flexibility index (Phi) is 5.06. The predicted molar refractivity (Wildman–Crippen MR) is 94.2 cm³/mol. The predicted octanol–water partition coefficient (Wildman–Crippen LogP) is 2.76. The Balaban J connectivity index is 1.65. The molecule has 24 heavy (non-hydrogen) atoms. The highest BCUT2D eigenvalue weighted by molar-refractivity contribution is 7.89. The molecule has 2 aromatic rings. The second kappa shape index (κ2) is 7.07. The van der Waals surface area contributed by atoms with Crippen LogP contribution in [0, 0.1) is 12.8 Å². The van der Waals surface area contributed by atoms with Gasteiger partial charge in [-0.1, -0.05) is 24.3 Å². The van der Waals surface area contributed by atoms with E-state index < -0.39 is 10.0 Å². The lowest BCUT2D eigenvalue weighted by molar-refractivity contribution is 0.255. The first kappa shape index (κ1) is 17.2. The average molecular weight is 347 g/mol. The van der Waals surface area contributed by atoms with Crippen molar-refractivity contribution in [2.45, 2.75) is 37.6 Å². The van der Waals surface area contributed by atoms with Crippen molar-refractivity contribution < 1.29 is 8.42 Å². The number of piperidine rings is 1. The van der Waals surface area contributed by atoms with Crippen molar-refractivity contribution in [3.05, 3.63) is 47.9 Å². The highest BCUT2D eigenvalue weighted by Crippen LogP contribution is 2.26. The minimum Gasteiger partial charge on any atom is -0.339 e. The van der Waals surface area contributed by atoms with Crippen LogP contribution in [0.5, 0.6) is 0 Å². The normalized spacial score (nSPS) is 19.5. The van der Waals surface area contributed by atoms with Crippen molar-refractivity contribution in [2.24, 2.45) is 13.0 Å². The van der Waals surface area contributed by atoms with Crippen LogP contribution in [0.4, 0.5) is 0 Å². The quantitative estimate of drug-likeness (QED) is 0.836. The number of hydrogen-bond donors (Lipinski definition) is 0. The highest BCUT2D eigenvalue weighted by Gasteiger charge is 2.31. The van der Waals surface area contributed by atoms with Crippen LogP contribution in [0.3, 0.4) is 0 Å².